The second-order valence-electron chi connectivity index (χ2n) is 5.90. The molecule has 0 saturated heterocycles. The molecule has 140 valence electrons. The topological polar surface area (TPSA) is 81.9 Å². The maximum Gasteiger partial charge on any atom is 0.307 e. The van der Waals surface area contributed by atoms with E-state index in [9.17, 15) is 9.59 Å². The summed E-state index contributed by atoms with van der Waals surface area (Å²) in [4.78, 5) is 25.2. The van der Waals surface area contributed by atoms with Crippen LogP contribution in [0.5, 0.6) is 5.75 Å². The Hall–Kier alpha value is -2.83. The van der Waals surface area contributed by atoms with Crippen LogP contribution in [0, 0.1) is 13.8 Å². The van der Waals surface area contributed by atoms with Crippen molar-refractivity contribution in [3.05, 3.63) is 46.8 Å². The van der Waals surface area contributed by atoms with Crippen LogP contribution in [0.3, 0.4) is 0 Å². The Morgan fingerprint density at radius 2 is 1.88 bits per heavy atom. The first-order valence-electron chi connectivity index (χ1n) is 8.48. The molecule has 0 saturated carbocycles. The zero-order chi connectivity index (χ0) is 19.1. The molecule has 26 heavy (non-hydrogen) atoms. The number of carbonyl (C=O) groups is 2. The van der Waals surface area contributed by atoms with Crippen LogP contribution in [0.2, 0.25) is 0 Å². The van der Waals surface area contributed by atoms with Crippen molar-refractivity contribution in [2.75, 3.05) is 20.2 Å². The molecule has 1 amide bonds. The van der Waals surface area contributed by atoms with Gasteiger partial charge in [0.15, 0.2) is 0 Å². The summed E-state index contributed by atoms with van der Waals surface area (Å²) in [6.07, 6.45) is 0.175. The number of carbonyl (C=O) groups excluding carboxylic acids is 2. The van der Waals surface area contributed by atoms with Gasteiger partial charge >= 0.3 is 5.97 Å². The van der Waals surface area contributed by atoms with Gasteiger partial charge in [-0.15, -0.1) is 0 Å². The maximum atomic E-state index is 12.4. The first-order valence-corrected chi connectivity index (χ1v) is 8.48. The molecule has 0 aliphatic carbocycles. The lowest BCUT2D eigenvalue weighted by Gasteiger charge is -2.17. The summed E-state index contributed by atoms with van der Waals surface area (Å²) >= 11 is 0. The van der Waals surface area contributed by atoms with Gasteiger partial charge in [-0.1, -0.05) is 5.16 Å². The normalized spacial score (nSPS) is 10.5. The van der Waals surface area contributed by atoms with Gasteiger partial charge in [0.2, 0.25) is 0 Å². The summed E-state index contributed by atoms with van der Waals surface area (Å²) in [5.74, 6) is 0.912. The first-order chi connectivity index (χ1) is 12.4. The summed E-state index contributed by atoms with van der Waals surface area (Å²) in [5, 5.41) is 3.89. The molecule has 1 aromatic heterocycles. The molecule has 0 spiro atoms. The SMILES string of the molecule is CCOC(=O)CCN(C)C(=O)c1ccc(OCc2c(C)noc2C)cc1. The Balaban J connectivity index is 1.89. The van der Waals surface area contributed by atoms with Gasteiger partial charge in [-0.3, -0.25) is 9.59 Å². The number of hydrogen-bond donors (Lipinski definition) is 0. The standard InChI is InChI=1S/C19H24N2O5/c1-5-24-18(22)10-11-21(4)19(23)15-6-8-16(9-7-15)25-12-17-13(2)20-26-14(17)3/h6-9H,5,10-12H2,1-4H3. The van der Waals surface area contributed by atoms with Crippen LogP contribution in [-0.2, 0) is 16.1 Å². The first kappa shape index (κ1) is 19.5. The number of aromatic nitrogens is 1. The van der Waals surface area contributed by atoms with Gasteiger partial charge in [-0.05, 0) is 45.0 Å². The molecule has 0 bridgehead atoms. The van der Waals surface area contributed by atoms with Crippen molar-refractivity contribution in [2.45, 2.75) is 33.8 Å². The van der Waals surface area contributed by atoms with Gasteiger partial charge in [0.05, 0.1) is 24.3 Å². The van der Waals surface area contributed by atoms with Gasteiger partial charge in [-0.2, -0.15) is 0 Å². The van der Waals surface area contributed by atoms with E-state index in [1.165, 1.54) is 4.90 Å². The highest BCUT2D eigenvalue weighted by Crippen LogP contribution is 2.18. The van der Waals surface area contributed by atoms with Crippen LogP contribution in [0.4, 0.5) is 0 Å². The Labute approximate surface area is 152 Å². The summed E-state index contributed by atoms with van der Waals surface area (Å²) in [5.41, 5.74) is 2.25. The van der Waals surface area contributed by atoms with Gasteiger partial charge < -0.3 is 18.9 Å². The molecule has 0 aliphatic rings. The maximum absolute atomic E-state index is 12.4. The Bertz CT molecular complexity index is 732. The number of benzene rings is 1. The van der Waals surface area contributed by atoms with E-state index in [0.29, 0.717) is 31.1 Å². The monoisotopic (exact) mass is 360 g/mol. The van der Waals surface area contributed by atoms with Gasteiger partial charge in [0, 0.05) is 19.2 Å². The van der Waals surface area contributed by atoms with Crippen molar-refractivity contribution in [1.29, 1.82) is 0 Å². The van der Waals surface area contributed by atoms with Crippen molar-refractivity contribution in [3.63, 3.8) is 0 Å². The van der Waals surface area contributed by atoms with Crippen LogP contribution < -0.4 is 4.74 Å². The fraction of sp³-hybridized carbons (Fsp3) is 0.421. The molecule has 0 fully saturated rings. The average Bonchev–Trinajstić information content (AvgIpc) is 2.96. The Morgan fingerprint density at radius 1 is 1.19 bits per heavy atom. The number of ether oxygens (including phenoxy) is 2. The summed E-state index contributed by atoms with van der Waals surface area (Å²) in [7, 11) is 1.66. The molecule has 1 heterocycles. The third-order valence-electron chi connectivity index (χ3n) is 3.97. The van der Waals surface area contributed by atoms with E-state index in [1.807, 2.05) is 13.8 Å². The van der Waals surface area contributed by atoms with Crippen molar-refractivity contribution in [2.24, 2.45) is 0 Å². The third kappa shape index (κ3) is 5.08. The molecule has 1 aromatic carbocycles. The van der Waals surface area contributed by atoms with E-state index >= 15 is 0 Å². The second kappa shape index (κ2) is 9.03. The molecule has 2 aromatic rings. The molecule has 0 radical (unpaired) electrons. The molecular weight excluding hydrogens is 336 g/mol. The number of esters is 1. The van der Waals surface area contributed by atoms with E-state index < -0.39 is 0 Å². The van der Waals surface area contributed by atoms with Gasteiger partial charge in [-0.25, -0.2) is 0 Å². The third-order valence-corrected chi connectivity index (χ3v) is 3.97. The number of nitrogens with zero attached hydrogens (tertiary/aromatic N) is 2. The molecule has 0 N–H and O–H groups in total. The highest BCUT2D eigenvalue weighted by Gasteiger charge is 2.14. The lowest BCUT2D eigenvalue weighted by atomic mass is 10.2. The summed E-state index contributed by atoms with van der Waals surface area (Å²) in [6.45, 7) is 6.46. The fourth-order valence-electron chi connectivity index (χ4n) is 2.37. The predicted molar refractivity (Wildman–Crippen MR) is 95.0 cm³/mol. The minimum Gasteiger partial charge on any atom is -0.489 e. The zero-order valence-corrected chi connectivity index (χ0v) is 15.6. The van der Waals surface area contributed by atoms with Crippen molar-refractivity contribution in [3.8, 4) is 5.75 Å². The van der Waals surface area contributed by atoms with Crippen LogP contribution in [0.15, 0.2) is 28.8 Å². The molecule has 0 atom stereocenters. The Morgan fingerprint density at radius 3 is 2.46 bits per heavy atom. The van der Waals surface area contributed by atoms with Gasteiger partial charge in [0.1, 0.15) is 18.1 Å². The fourth-order valence-corrected chi connectivity index (χ4v) is 2.37. The minimum atomic E-state index is -0.310. The number of hydrogen-bond acceptors (Lipinski definition) is 6. The molecule has 0 unspecified atom stereocenters. The van der Waals surface area contributed by atoms with Gasteiger partial charge in [0.25, 0.3) is 5.91 Å². The van der Waals surface area contributed by atoms with Crippen LogP contribution >= 0.6 is 0 Å². The molecule has 2 rings (SSSR count). The minimum absolute atomic E-state index is 0.161. The van der Waals surface area contributed by atoms with E-state index in [4.69, 9.17) is 14.0 Å². The zero-order valence-electron chi connectivity index (χ0n) is 15.6. The number of rotatable bonds is 8. The summed E-state index contributed by atoms with van der Waals surface area (Å²) < 4.78 is 15.7. The van der Waals surface area contributed by atoms with E-state index in [0.717, 1.165) is 17.0 Å². The van der Waals surface area contributed by atoms with Crippen LogP contribution in [0.25, 0.3) is 0 Å². The van der Waals surface area contributed by atoms with E-state index in [-0.39, 0.29) is 18.3 Å². The second-order valence-corrected chi connectivity index (χ2v) is 5.90. The number of amides is 1. The predicted octanol–water partition coefficient (Wildman–Crippen LogP) is 2.90. The van der Waals surface area contributed by atoms with Crippen LogP contribution in [-0.4, -0.2) is 42.1 Å². The lowest BCUT2D eigenvalue weighted by Crippen LogP contribution is -2.29. The molecular formula is C19H24N2O5. The lowest BCUT2D eigenvalue weighted by molar-refractivity contribution is -0.143. The highest BCUT2D eigenvalue weighted by molar-refractivity contribution is 5.94. The van der Waals surface area contributed by atoms with E-state index in [1.54, 1.807) is 38.2 Å². The Kier molecular flexibility index (Phi) is 6.77. The van der Waals surface area contributed by atoms with E-state index in [2.05, 4.69) is 5.16 Å². The van der Waals surface area contributed by atoms with Crippen molar-refractivity contribution < 1.29 is 23.6 Å². The quantitative estimate of drug-likeness (QED) is 0.673. The highest BCUT2D eigenvalue weighted by atomic mass is 16.5. The molecule has 7 nitrogen and oxygen atoms in total. The largest absolute Gasteiger partial charge is 0.489 e. The van der Waals surface area contributed by atoms with Crippen molar-refractivity contribution in [1.82, 2.24) is 10.1 Å². The smallest absolute Gasteiger partial charge is 0.307 e. The van der Waals surface area contributed by atoms with Crippen LogP contribution in [0.1, 0.15) is 40.7 Å². The number of aryl methyl sites for hydroxylation is 2. The summed E-state index contributed by atoms with van der Waals surface area (Å²) in [6, 6.07) is 6.88. The molecule has 7 heteroatoms. The van der Waals surface area contributed by atoms with Crippen molar-refractivity contribution >= 4 is 11.9 Å². The molecule has 0 aliphatic heterocycles. The average molecular weight is 360 g/mol.